The number of aromatic nitrogens is 4. The van der Waals surface area contributed by atoms with Crippen molar-refractivity contribution in [2.45, 2.75) is 39.3 Å². The molecule has 210 valence electrons. The van der Waals surface area contributed by atoms with Gasteiger partial charge in [0.15, 0.2) is 17.2 Å². The van der Waals surface area contributed by atoms with E-state index in [9.17, 15) is 18.8 Å². The molecule has 0 aliphatic carbocycles. The second kappa shape index (κ2) is 11.3. The highest BCUT2D eigenvalue weighted by Crippen LogP contribution is 2.35. The number of halogens is 3. The van der Waals surface area contributed by atoms with Crippen LogP contribution in [-0.2, 0) is 11.3 Å². The summed E-state index contributed by atoms with van der Waals surface area (Å²) in [6, 6.07) is 9.01. The van der Waals surface area contributed by atoms with E-state index in [0.717, 1.165) is 18.6 Å². The summed E-state index contributed by atoms with van der Waals surface area (Å²) in [6.07, 6.45) is 4.35. The van der Waals surface area contributed by atoms with E-state index in [0.29, 0.717) is 24.0 Å². The maximum Gasteiger partial charge on any atom is 0.264 e. The van der Waals surface area contributed by atoms with E-state index >= 15 is 4.39 Å². The minimum absolute atomic E-state index is 0.0338. The third-order valence-corrected chi connectivity index (χ3v) is 6.77. The average molecular weight is 562 g/mol. The molecule has 1 aliphatic rings. The Balaban J connectivity index is 1.48. The molecule has 1 unspecified atom stereocenters. The number of nitrogens with zero attached hydrogens (tertiary/aromatic N) is 6. The fourth-order valence-electron chi connectivity index (χ4n) is 4.92. The maximum absolute atomic E-state index is 15.4. The van der Waals surface area contributed by atoms with Crippen molar-refractivity contribution in [2.24, 2.45) is 5.92 Å². The molecule has 5 rings (SSSR count). The topological polar surface area (TPSA) is 123 Å². The number of allylic oxidation sites excluding steroid dienone is 1. The Kier molecular flexibility index (Phi) is 7.61. The molecule has 2 N–H and O–H groups in total. The number of likely N-dealkylation sites (tertiary alicyclic amines) is 1. The number of anilines is 1. The molecule has 9 nitrogen and oxygen atoms in total. The molecule has 3 heterocycles. The van der Waals surface area contributed by atoms with Crippen molar-refractivity contribution >= 4 is 22.8 Å². The second-order valence-corrected chi connectivity index (χ2v) is 10.0. The van der Waals surface area contributed by atoms with Crippen molar-refractivity contribution in [3.8, 4) is 28.8 Å². The lowest BCUT2D eigenvalue weighted by Gasteiger charge is -2.24. The van der Waals surface area contributed by atoms with E-state index in [4.69, 9.17) is 10.5 Å². The fraction of sp³-hybridized carbons (Fsp3) is 0.276. The fourth-order valence-corrected chi connectivity index (χ4v) is 4.92. The predicted octanol–water partition coefficient (Wildman–Crippen LogP) is 5.38. The molecule has 1 aliphatic heterocycles. The first kappa shape index (κ1) is 27.6. The Hall–Kier alpha value is -4.92. The third-order valence-electron chi connectivity index (χ3n) is 6.77. The summed E-state index contributed by atoms with van der Waals surface area (Å²) in [4.78, 5) is 23.2. The minimum Gasteiger partial charge on any atom is -0.454 e. The van der Waals surface area contributed by atoms with Gasteiger partial charge >= 0.3 is 0 Å². The highest BCUT2D eigenvalue weighted by Gasteiger charge is 2.32. The molecular formula is C29H26F3N7O2. The standard InChI is InChI=1S/C29H26F3N7O2/c1-16(2)11-17(13-33)29(40)38-10-4-5-18(38)14-39-28-24(27(34)35-15-36-28)26(37-39)20-9-8-19(12-22(20)31)41-23-7-3-6-21(30)25(23)32/h3,6-9,11-12,15-16,18H,4-5,10,14H2,1-2H3,(H2,34,35,36). The molecule has 4 aromatic rings. The van der Waals surface area contributed by atoms with Crippen LogP contribution in [0.15, 0.2) is 54.4 Å². The molecule has 2 aromatic carbocycles. The molecule has 0 spiro atoms. The zero-order valence-electron chi connectivity index (χ0n) is 22.3. The summed E-state index contributed by atoms with van der Waals surface area (Å²) < 4.78 is 49.9. The van der Waals surface area contributed by atoms with Gasteiger partial charge in [0.2, 0.25) is 5.82 Å². The minimum atomic E-state index is -1.19. The Morgan fingerprint density at radius 2 is 2.02 bits per heavy atom. The molecule has 12 heteroatoms. The summed E-state index contributed by atoms with van der Waals surface area (Å²) in [5.74, 6) is -3.68. The van der Waals surface area contributed by atoms with E-state index in [-0.39, 0.29) is 58.6 Å². The van der Waals surface area contributed by atoms with Crippen LogP contribution in [0.25, 0.3) is 22.3 Å². The number of nitriles is 1. The molecule has 0 saturated carbocycles. The highest BCUT2D eigenvalue weighted by molar-refractivity contribution is 5.99. The van der Waals surface area contributed by atoms with Gasteiger partial charge in [-0.05, 0) is 43.0 Å². The van der Waals surface area contributed by atoms with Crippen LogP contribution >= 0.6 is 0 Å². The summed E-state index contributed by atoms with van der Waals surface area (Å²) in [5.41, 5.74) is 6.85. The van der Waals surface area contributed by atoms with Gasteiger partial charge in [-0.25, -0.2) is 23.4 Å². The van der Waals surface area contributed by atoms with Crippen LogP contribution in [0, 0.1) is 34.7 Å². The van der Waals surface area contributed by atoms with Crippen molar-refractivity contribution in [1.29, 1.82) is 5.26 Å². The van der Waals surface area contributed by atoms with Crippen LogP contribution < -0.4 is 10.5 Å². The van der Waals surface area contributed by atoms with E-state index in [1.807, 2.05) is 19.9 Å². The Labute approximate surface area is 233 Å². The maximum atomic E-state index is 15.4. The van der Waals surface area contributed by atoms with E-state index in [2.05, 4.69) is 15.1 Å². The van der Waals surface area contributed by atoms with Crippen molar-refractivity contribution in [3.63, 3.8) is 0 Å². The number of hydrogen-bond donors (Lipinski definition) is 1. The van der Waals surface area contributed by atoms with E-state index in [1.54, 1.807) is 15.7 Å². The number of hydrogen-bond acceptors (Lipinski definition) is 7. The lowest BCUT2D eigenvalue weighted by atomic mass is 10.1. The average Bonchev–Trinajstić information content (AvgIpc) is 3.55. The van der Waals surface area contributed by atoms with Gasteiger partial charge in [0.1, 0.15) is 41.0 Å². The smallest absolute Gasteiger partial charge is 0.264 e. The second-order valence-electron chi connectivity index (χ2n) is 10.0. The number of rotatable bonds is 7. The molecule has 0 radical (unpaired) electrons. The lowest BCUT2D eigenvalue weighted by Crippen LogP contribution is -2.39. The van der Waals surface area contributed by atoms with Crippen LogP contribution in [0.3, 0.4) is 0 Å². The molecular weight excluding hydrogens is 535 g/mol. The number of carbonyl (C=O) groups excluding carboxylic acids is 1. The zero-order valence-corrected chi connectivity index (χ0v) is 22.3. The summed E-state index contributed by atoms with van der Waals surface area (Å²) >= 11 is 0. The lowest BCUT2D eigenvalue weighted by molar-refractivity contribution is -0.127. The van der Waals surface area contributed by atoms with Crippen LogP contribution in [0.5, 0.6) is 11.5 Å². The first-order chi connectivity index (χ1) is 19.7. The van der Waals surface area contributed by atoms with Gasteiger partial charge in [0.25, 0.3) is 5.91 Å². The van der Waals surface area contributed by atoms with Crippen molar-refractivity contribution in [1.82, 2.24) is 24.6 Å². The number of ether oxygens (including phenoxy) is 1. The van der Waals surface area contributed by atoms with Gasteiger partial charge in [-0.3, -0.25) is 4.79 Å². The van der Waals surface area contributed by atoms with Gasteiger partial charge < -0.3 is 15.4 Å². The van der Waals surface area contributed by atoms with Crippen LogP contribution in [-0.4, -0.2) is 43.1 Å². The third kappa shape index (κ3) is 5.43. The van der Waals surface area contributed by atoms with Gasteiger partial charge in [0.05, 0.1) is 18.0 Å². The van der Waals surface area contributed by atoms with Crippen molar-refractivity contribution < 1.29 is 22.7 Å². The molecule has 1 amide bonds. The number of benzene rings is 2. The van der Waals surface area contributed by atoms with Gasteiger partial charge in [0, 0.05) is 18.2 Å². The van der Waals surface area contributed by atoms with Crippen LogP contribution in [0.2, 0.25) is 0 Å². The van der Waals surface area contributed by atoms with E-state index < -0.39 is 17.5 Å². The quantitative estimate of drug-likeness (QED) is 0.237. The van der Waals surface area contributed by atoms with Crippen molar-refractivity contribution in [3.05, 3.63) is 71.8 Å². The van der Waals surface area contributed by atoms with Crippen molar-refractivity contribution in [2.75, 3.05) is 12.3 Å². The highest BCUT2D eigenvalue weighted by atomic mass is 19.2. The van der Waals surface area contributed by atoms with Gasteiger partial charge in [-0.15, -0.1) is 0 Å². The first-order valence-electron chi connectivity index (χ1n) is 13.0. The summed E-state index contributed by atoms with van der Waals surface area (Å²) in [5, 5.41) is 14.5. The first-order valence-corrected chi connectivity index (χ1v) is 13.0. The monoisotopic (exact) mass is 561 g/mol. The molecule has 1 fully saturated rings. The molecule has 41 heavy (non-hydrogen) atoms. The number of carbonyl (C=O) groups is 1. The normalized spacial score (nSPS) is 15.5. The Morgan fingerprint density at radius 3 is 2.76 bits per heavy atom. The number of nitrogens with two attached hydrogens (primary N) is 1. The number of amides is 1. The number of fused-ring (bicyclic) bond motifs is 1. The predicted molar refractivity (Wildman–Crippen MR) is 145 cm³/mol. The van der Waals surface area contributed by atoms with Gasteiger partial charge in [-0.2, -0.15) is 14.8 Å². The SMILES string of the molecule is CC(C)C=C(C#N)C(=O)N1CCCC1Cn1nc(-c2ccc(Oc3cccc(F)c3F)cc2F)c2c(N)ncnc21. The van der Waals surface area contributed by atoms with E-state index in [1.165, 1.54) is 30.6 Å². The summed E-state index contributed by atoms with van der Waals surface area (Å²) in [7, 11) is 0. The molecule has 2 aromatic heterocycles. The largest absolute Gasteiger partial charge is 0.454 e. The zero-order chi connectivity index (χ0) is 29.3. The summed E-state index contributed by atoms with van der Waals surface area (Å²) in [6.45, 7) is 4.52. The number of nitrogen functional groups attached to an aromatic ring is 1. The molecule has 1 saturated heterocycles. The molecule has 0 bridgehead atoms. The Morgan fingerprint density at radius 1 is 1.22 bits per heavy atom. The molecule has 1 atom stereocenters. The Bertz CT molecular complexity index is 1710. The van der Waals surface area contributed by atoms with Gasteiger partial charge in [-0.1, -0.05) is 26.0 Å². The van der Waals surface area contributed by atoms with Crippen LogP contribution in [0.4, 0.5) is 19.0 Å². The van der Waals surface area contributed by atoms with Crippen LogP contribution in [0.1, 0.15) is 26.7 Å².